The van der Waals surface area contributed by atoms with Crippen LogP contribution in [0.2, 0.25) is 0 Å². The molecule has 4 rings (SSSR count). The molecule has 2 nitrogen and oxygen atoms in total. The van der Waals surface area contributed by atoms with Crippen LogP contribution in [0, 0.1) is 11.2 Å². The van der Waals surface area contributed by atoms with E-state index in [1.165, 1.54) is 23.3 Å². The average molecular weight is 280 g/mol. The molecule has 0 bridgehead atoms. The van der Waals surface area contributed by atoms with Crippen molar-refractivity contribution in [3.8, 4) is 0 Å². The number of nitrogens with one attached hydrogen (secondary N) is 1. The van der Waals surface area contributed by atoms with E-state index in [4.69, 9.17) is 5.41 Å². The van der Waals surface area contributed by atoms with Crippen molar-refractivity contribution in [3.63, 3.8) is 0 Å². The molecule has 21 heavy (non-hydrogen) atoms. The summed E-state index contributed by atoms with van der Waals surface area (Å²) in [6.07, 6.45) is 3.11. The van der Waals surface area contributed by atoms with E-state index < -0.39 is 0 Å². The van der Waals surface area contributed by atoms with Gasteiger partial charge in [0.05, 0.1) is 0 Å². The summed E-state index contributed by atoms with van der Waals surface area (Å²) < 4.78 is 13.4. The molecule has 2 aliphatic rings. The Bertz CT molecular complexity index is 723. The van der Waals surface area contributed by atoms with Gasteiger partial charge in [0.2, 0.25) is 0 Å². The molecule has 0 saturated carbocycles. The van der Waals surface area contributed by atoms with Crippen LogP contribution in [-0.2, 0) is 19.4 Å². The van der Waals surface area contributed by atoms with Crippen molar-refractivity contribution in [2.45, 2.75) is 31.8 Å². The smallest absolute Gasteiger partial charge is 0.129 e. The number of halogens is 1. The molecule has 0 spiro atoms. The van der Waals surface area contributed by atoms with Gasteiger partial charge in [-0.25, -0.2) is 4.39 Å². The Morgan fingerprint density at radius 1 is 1.05 bits per heavy atom. The molecule has 1 unspecified atom stereocenters. The first-order valence-corrected chi connectivity index (χ1v) is 7.43. The number of hydrogen-bond donors (Lipinski definition) is 1. The number of fused-ring (bicyclic) bond motifs is 2. The molecule has 0 aromatic heterocycles. The standard InChI is InChI=1S/C18H17FN2/c19-15-7-5-14-11-21(18(20)17(14)10-15)16-8-6-12-3-1-2-4-13(12)9-16/h1-5,7,10,16,20H,6,8-9,11H2. The van der Waals surface area contributed by atoms with Crippen LogP contribution < -0.4 is 0 Å². The fraction of sp³-hybridized carbons (Fsp3) is 0.278. The normalized spacial score (nSPS) is 20.3. The molecule has 2 aromatic carbocycles. The van der Waals surface area contributed by atoms with Crippen LogP contribution in [0.15, 0.2) is 42.5 Å². The predicted octanol–water partition coefficient (Wildman–Crippen LogP) is 3.52. The van der Waals surface area contributed by atoms with Gasteiger partial charge in [0.15, 0.2) is 0 Å². The second-order valence-corrected chi connectivity index (χ2v) is 5.94. The molecule has 106 valence electrons. The molecule has 1 aliphatic heterocycles. The summed E-state index contributed by atoms with van der Waals surface area (Å²) in [5.74, 6) is 0.225. The predicted molar refractivity (Wildman–Crippen MR) is 81.0 cm³/mol. The van der Waals surface area contributed by atoms with Gasteiger partial charge in [0, 0.05) is 18.2 Å². The Hall–Kier alpha value is -2.16. The third-order valence-corrected chi connectivity index (χ3v) is 4.72. The van der Waals surface area contributed by atoms with Gasteiger partial charge in [0.25, 0.3) is 0 Å². The summed E-state index contributed by atoms with van der Waals surface area (Å²) in [6, 6.07) is 13.7. The number of hydrogen-bond acceptors (Lipinski definition) is 1. The number of amidine groups is 1. The maximum atomic E-state index is 13.4. The summed E-state index contributed by atoms with van der Waals surface area (Å²) in [7, 11) is 0. The van der Waals surface area contributed by atoms with E-state index in [0.29, 0.717) is 11.9 Å². The highest BCUT2D eigenvalue weighted by Gasteiger charge is 2.32. The quantitative estimate of drug-likeness (QED) is 0.850. The van der Waals surface area contributed by atoms with Crippen LogP contribution in [0.25, 0.3) is 0 Å². The Morgan fingerprint density at radius 2 is 1.86 bits per heavy atom. The molecule has 0 fully saturated rings. The number of benzene rings is 2. The lowest BCUT2D eigenvalue weighted by atomic mass is 9.87. The lowest BCUT2D eigenvalue weighted by Crippen LogP contribution is -2.39. The molecule has 1 N–H and O–H groups in total. The maximum Gasteiger partial charge on any atom is 0.129 e. The summed E-state index contributed by atoms with van der Waals surface area (Å²) >= 11 is 0. The number of aryl methyl sites for hydroxylation is 1. The third kappa shape index (κ3) is 2.04. The largest absolute Gasteiger partial charge is 0.349 e. The van der Waals surface area contributed by atoms with E-state index in [9.17, 15) is 4.39 Å². The van der Waals surface area contributed by atoms with Crippen LogP contribution in [0.3, 0.4) is 0 Å². The van der Waals surface area contributed by atoms with Crippen molar-refractivity contribution < 1.29 is 4.39 Å². The van der Waals surface area contributed by atoms with E-state index in [1.54, 1.807) is 0 Å². The summed E-state index contributed by atoms with van der Waals surface area (Å²) in [5, 5.41) is 8.36. The zero-order chi connectivity index (χ0) is 14.4. The van der Waals surface area contributed by atoms with Crippen LogP contribution in [0.4, 0.5) is 4.39 Å². The zero-order valence-corrected chi connectivity index (χ0v) is 11.8. The van der Waals surface area contributed by atoms with Crippen LogP contribution >= 0.6 is 0 Å². The van der Waals surface area contributed by atoms with Crippen molar-refractivity contribution in [1.82, 2.24) is 4.90 Å². The first kappa shape index (κ1) is 12.6. The molecular weight excluding hydrogens is 263 g/mol. The molecular formula is C18H17FN2. The van der Waals surface area contributed by atoms with Crippen molar-refractivity contribution >= 4 is 5.84 Å². The van der Waals surface area contributed by atoms with Crippen molar-refractivity contribution in [2.24, 2.45) is 0 Å². The molecule has 0 radical (unpaired) electrons. The van der Waals surface area contributed by atoms with Gasteiger partial charge in [-0.15, -0.1) is 0 Å². The minimum Gasteiger partial charge on any atom is -0.349 e. The molecule has 0 amide bonds. The number of nitrogens with zero attached hydrogens (tertiary/aromatic N) is 1. The Kier molecular flexibility index (Phi) is 2.81. The minimum absolute atomic E-state index is 0.255. The van der Waals surface area contributed by atoms with Gasteiger partial charge in [-0.3, -0.25) is 5.41 Å². The highest BCUT2D eigenvalue weighted by Crippen LogP contribution is 2.31. The first-order chi connectivity index (χ1) is 10.2. The minimum atomic E-state index is -0.255. The molecule has 1 atom stereocenters. The van der Waals surface area contributed by atoms with E-state index in [1.807, 2.05) is 6.07 Å². The second-order valence-electron chi connectivity index (χ2n) is 5.94. The Balaban J connectivity index is 1.61. The van der Waals surface area contributed by atoms with Crippen molar-refractivity contribution in [3.05, 3.63) is 70.5 Å². The maximum absolute atomic E-state index is 13.4. The van der Waals surface area contributed by atoms with Gasteiger partial charge in [-0.05, 0) is 48.1 Å². The summed E-state index contributed by atoms with van der Waals surface area (Å²) in [6.45, 7) is 0.737. The fourth-order valence-corrected chi connectivity index (χ4v) is 3.58. The van der Waals surface area contributed by atoms with Gasteiger partial charge < -0.3 is 4.90 Å². The van der Waals surface area contributed by atoms with Gasteiger partial charge in [0.1, 0.15) is 11.7 Å². The summed E-state index contributed by atoms with van der Waals surface area (Å²) in [4.78, 5) is 2.14. The molecule has 3 heteroatoms. The lowest BCUT2D eigenvalue weighted by molar-refractivity contribution is 0.286. The highest BCUT2D eigenvalue weighted by molar-refractivity contribution is 6.00. The van der Waals surface area contributed by atoms with Gasteiger partial charge >= 0.3 is 0 Å². The lowest BCUT2D eigenvalue weighted by Gasteiger charge is -2.33. The van der Waals surface area contributed by atoms with Gasteiger partial charge in [-0.2, -0.15) is 0 Å². The molecule has 2 aromatic rings. The monoisotopic (exact) mass is 280 g/mol. The highest BCUT2D eigenvalue weighted by atomic mass is 19.1. The zero-order valence-electron chi connectivity index (χ0n) is 11.8. The molecule has 1 heterocycles. The number of rotatable bonds is 1. The van der Waals surface area contributed by atoms with E-state index in [0.717, 1.165) is 36.9 Å². The topological polar surface area (TPSA) is 27.1 Å². The molecule has 0 saturated heterocycles. The van der Waals surface area contributed by atoms with Gasteiger partial charge in [-0.1, -0.05) is 30.3 Å². The van der Waals surface area contributed by atoms with E-state index in [2.05, 4.69) is 29.2 Å². The summed E-state index contributed by atoms with van der Waals surface area (Å²) in [5.41, 5.74) is 4.65. The Labute approximate surface area is 123 Å². The van der Waals surface area contributed by atoms with Crippen LogP contribution in [0.5, 0.6) is 0 Å². The van der Waals surface area contributed by atoms with E-state index >= 15 is 0 Å². The van der Waals surface area contributed by atoms with Crippen molar-refractivity contribution in [2.75, 3.05) is 0 Å². The third-order valence-electron chi connectivity index (χ3n) is 4.72. The fourth-order valence-electron chi connectivity index (χ4n) is 3.58. The van der Waals surface area contributed by atoms with E-state index in [-0.39, 0.29) is 5.82 Å². The van der Waals surface area contributed by atoms with Crippen molar-refractivity contribution in [1.29, 1.82) is 5.41 Å². The SMILES string of the molecule is N=C1c2cc(F)ccc2CN1C1CCc2ccccc2C1. The molecule has 1 aliphatic carbocycles. The van der Waals surface area contributed by atoms with Crippen LogP contribution in [0.1, 0.15) is 28.7 Å². The first-order valence-electron chi connectivity index (χ1n) is 7.43. The van der Waals surface area contributed by atoms with Crippen LogP contribution in [-0.4, -0.2) is 16.8 Å². The Morgan fingerprint density at radius 3 is 2.71 bits per heavy atom. The average Bonchev–Trinajstić information content (AvgIpc) is 2.84. The second kappa shape index (κ2) is 4.69.